The largest absolute Gasteiger partial charge is 4.00 e. The zero-order valence-electron chi connectivity index (χ0n) is 8.28. The molecule has 0 fully saturated rings. The van der Waals surface area contributed by atoms with Crippen molar-refractivity contribution < 1.29 is 56.8 Å². The molecule has 0 spiro atoms. The molecule has 90 valence electrons. The summed E-state index contributed by atoms with van der Waals surface area (Å²) in [7, 11) is 0. The summed E-state index contributed by atoms with van der Waals surface area (Å²) in [6.45, 7) is 7.78. The van der Waals surface area contributed by atoms with E-state index in [1.54, 1.807) is 0 Å². The summed E-state index contributed by atoms with van der Waals surface area (Å²) in [4.78, 5) is 0. The molecule has 0 atom stereocenters. The maximum Gasteiger partial charge on any atom is 4.00 e. The second-order valence-electron chi connectivity index (χ2n) is 2.49. The Morgan fingerprint density at radius 1 is 0.692 bits per heavy atom. The zero-order valence-corrected chi connectivity index (χ0v) is 12.1. The Morgan fingerprint density at radius 2 is 0.692 bits per heavy atom. The van der Waals surface area contributed by atoms with Crippen LogP contribution in [0.15, 0.2) is 0 Å². The molecule has 0 aromatic heterocycles. The molecule has 0 aromatic rings. The minimum Gasteiger partial charge on any atom is -1.00 e. The summed E-state index contributed by atoms with van der Waals surface area (Å²) >= 11 is 0. The van der Waals surface area contributed by atoms with Crippen LogP contribution in [0.25, 0.3) is 0 Å². The van der Waals surface area contributed by atoms with Crippen molar-refractivity contribution in [3.63, 3.8) is 0 Å². The van der Waals surface area contributed by atoms with Gasteiger partial charge in [0.05, 0.1) is 0 Å². The summed E-state index contributed by atoms with van der Waals surface area (Å²) in [5, 5.41) is 0. The van der Waals surface area contributed by atoms with Crippen LogP contribution in [0.5, 0.6) is 0 Å². The number of rotatable bonds is 0. The average Bonchev–Trinajstić information content (AvgIpc) is 1.25. The van der Waals surface area contributed by atoms with Gasteiger partial charge in [0.15, 0.2) is 0 Å². The monoisotopic (exact) mass is 413 g/mol. The molecule has 0 heterocycles. The van der Waals surface area contributed by atoms with Gasteiger partial charge in [-0.1, -0.05) is 27.7 Å². The van der Waals surface area contributed by atoms with Crippen molar-refractivity contribution in [1.82, 2.24) is 0 Å². The fourth-order valence-electron chi connectivity index (χ4n) is 0. The summed E-state index contributed by atoms with van der Waals surface area (Å²) in [5.74, 6) is 0. The molecule has 0 amide bonds. The van der Waals surface area contributed by atoms with E-state index >= 15 is 0 Å². The van der Waals surface area contributed by atoms with Crippen molar-refractivity contribution in [3.05, 3.63) is 0 Å². The molecule has 0 unspecified atom stereocenters. The van der Waals surface area contributed by atoms with Gasteiger partial charge in [-0.25, -0.2) is 0 Å². The third-order valence-electron chi connectivity index (χ3n) is 0. The third-order valence-corrected chi connectivity index (χ3v) is 0. The molecular formula is C6H20Cl2N2O2Pt. The maximum atomic E-state index is 5.11. The number of hydrogen-bond acceptors (Lipinski definition) is 4. The first-order chi connectivity index (χ1) is 3.46. The Labute approximate surface area is 108 Å². The van der Waals surface area contributed by atoms with Gasteiger partial charge in [0.1, 0.15) is 0 Å². The van der Waals surface area contributed by atoms with Crippen LogP contribution in [-0.4, -0.2) is 23.0 Å². The van der Waals surface area contributed by atoms with Crippen molar-refractivity contribution in [1.29, 1.82) is 0 Å². The van der Waals surface area contributed by atoms with Crippen LogP contribution in [0, 0.1) is 0 Å². The van der Waals surface area contributed by atoms with Crippen LogP contribution >= 0.6 is 0 Å². The molecule has 7 heteroatoms. The first kappa shape index (κ1) is 48.0. The molecule has 6 N–H and O–H groups in total. The Morgan fingerprint density at radius 3 is 0.692 bits per heavy atom. The molecule has 4 nitrogen and oxygen atoms in total. The minimum atomic E-state index is 0. The first-order valence-electron chi connectivity index (χ1n) is 2.98. The van der Waals surface area contributed by atoms with E-state index in [9.17, 15) is 0 Å². The Bertz CT molecular complexity index is 42.1. The summed E-state index contributed by atoms with van der Waals surface area (Å²) in [6, 6.07) is 0.667. The maximum absolute atomic E-state index is 5.11. The van der Waals surface area contributed by atoms with E-state index in [-0.39, 0.29) is 56.8 Å². The molecule has 0 rings (SSSR count). The molecule has 0 bridgehead atoms. The molecule has 0 saturated carbocycles. The normalized spacial score (nSPS) is 5.54. The second-order valence-corrected chi connectivity index (χ2v) is 2.49. The van der Waals surface area contributed by atoms with E-state index in [0.717, 1.165) is 0 Å². The van der Waals surface area contributed by atoms with Gasteiger partial charge in [-0.2, -0.15) is 0 Å². The van der Waals surface area contributed by atoms with E-state index in [0.29, 0.717) is 12.1 Å². The molecule has 0 radical (unpaired) electrons. The summed E-state index contributed by atoms with van der Waals surface area (Å²) in [6.07, 6.45) is 0. The number of hydrogen-bond donors (Lipinski definition) is 2. The van der Waals surface area contributed by atoms with Gasteiger partial charge >= 0.3 is 21.1 Å². The number of halogens is 2. The van der Waals surface area contributed by atoms with Crippen LogP contribution in [0.1, 0.15) is 27.7 Å². The predicted octanol–water partition coefficient (Wildman–Crippen LogP) is -5.64. The predicted molar refractivity (Wildman–Crippen MR) is 42.5 cm³/mol. The molecule has 0 aliphatic rings. The Balaban J connectivity index is -0.00000000800. The minimum absolute atomic E-state index is 0. The fourth-order valence-corrected chi connectivity index (χ4v) is 0. The van der Waals surface area contributed by atoms with Crippen molar-refractivity contribution >= 4 is 0 Å². The number of nitrogens with two attached hydrogens (primary N) is 2. The second kappa shape index (κ2) is 38.0. The molecule has 0 saturated heterocycles. The topological polar surface area (TPSA) is 112 Å². The summed E-state index contributed by atoms with van der Waals surface area (Å²) < 4.78 is 0. The molecule has 0 aromatic carbocycles. The van der Waals surface area contributed by atoms with Crippen molar-refractivity contribution in [2.75, 3.05) is 0 Å². The zero-order chi connectivity index (χ0) is 7.15. The van der Waals surface area contributed by atoms with Crippen LogP contribution in [-0.2, 0) is 21.1 Å². The van der Waals surface area contributed by atoms with E-state index < -0.39 is 0 Å². The smallest absolute Gasteiger partial charge is 1.00 e. The van der Waals surface area contributed by atoms with Crippen LogP contribution < -0.4 is 36.3 Å². The van der Waals surface area contributed by atoms with Gasteiger partial charge in [0.2, 0.25) is 0 Å². The quantitative estimate of drug-likeness (QED) is 0.412. The van der Waals surface area contributed by atoms with Gasteiger partial charge in [0, 0.05) is 0 Å². The van der Waals surface area contributed by atoms with Crippen molar-refractivity contribution in [2.45, 2.75) is 39.8 Å². The summed E-state index contributed by atoms with van der Waals surface area (Å²) in [5.41, 5.74) is 10.2. The van der Waals surface area contributed by atoms with Crippen LogP contribution in [0.3, 0.4) is 0 Å². The van der Waals surface area contributed by atoms with Gasteiger partial charge in [-0.05, 0) is 12.1 Å². The van der Waals surface area contributed by atoms with E-state index in [4.69, 9.17) is 11.5 Å². The standard InChI is InChI=1S/2C3H9N.2ClH.2H2O.Pt/c2*1-3(2)4;;;;;/h2*3H,4H2,1-2H3;2*1H;2*1H2;/q;;;;;;+4/p-4/i;;;;;;1-4. The van der Waals surface area contributed by atoms with Gasteiger partial charge in [-0.3, -0.25) is 0 Å². The van der Waals surface area contributed by atoms with E-state index in [1.807, 2.05) is 27.7 Å². The molecule has 13 heavy (non-hydrogen) atoms. The van der Waals surface area contributed by atoms with Gasteiger partial charge < -0.3 is 47.2 Å². The average molecular weight is 414 g/mol. The van der Waals surface area contributed by atoms with E-state index in [2.05, 4.69) is 0 Å². The van der Waals surface area contributed by atoms with Crippen molar-refractivity contribution in [3.8, 4) is 0 Å². The van der Waals surface area contributed by atoms with E-state index in [1.165, 1.54) is 0 Å². The third kappa shape index (κ3) is 1320. The Kier molecular flexibility index (Phi) is 140. The Hall–Kier alpha value is 1.11. The van der Waals surface area contributed by atoms with Crippen LogP contribution in [0.2, 0.25) is 0 Å². The molecular weight excluding hydrogens is 394 g/mol. The molecule has 0 aliphatic heterocycles. The van der Waals surface area contributed by atoms with Gasteiger partial charge in [0.25, 0.3) is 0 Å². The molecule has 0 aliphatic carbocycles. The first-order valence-corrected chi connectivity index (χ1v) is 2.98. The van der Waals surface area contributed by atoms with Crippen LogP contribution in [0.4, 0.5) is 0 Å². The SMILES string of the molecule is CC(C)N.CC(C)N.[191Pt+4].[Cl-].[Cl-].[OH-].[OH-]. The van der Waals surface area contributed by atoms with Crippen molar-refractivity contribution in [2.24, 2.45) is 11.5 Å². The van der Waals surface area contributed by atoms with Gasteiger partial charge in [-0.15, -0.1) is 0 Å². The fraction of sp³-hybridized carbons (Fsp3) is 1.00.